The quantitative estimate of drug-likeness (QED) is 0.716. The first-order chi connectivity index (χ1) is 12.7. The van der Waals surface area contributed by atoms with Crippen molar-refractivity contribution >= 4 is 17.2 Å². The van der Waals surface area contributed by atoms with E-state index in [9.17, 15) is 21.0 Å². The molecule has 0 aromatic heterocycles. The van der Waals surface area contributed by atoms with Gasteiger partial charge in [-0.15, -0.1) is 0 Å². The van der Waals surface area contributed by atoms with E-state index in [1.807, 2.05) is 66.8 Å². The van der Waals surface area contributed by atoms with E-state index in [0.29, 0.717) is 22.3 Å². The summed E-state index contributed by atoms with van der Waals surface area (Å²) in [5.74, 6) is -0.559. The highest BCUT2D eigenvalue weighted by Crippen LogP contribution is 2.50. The smallest absolute Gasteiger partial charge is 0.134 e. The fourth-order valence-corrected chi connectivity index (χ4v) is 3.56. The molecular weight excluding hydrogens is 320 g/mol. The van der Waals surface area contributed by atoms with Crippen LogP contribution in [-0.2, 0) is 0 Å². The maximum atomic E-state index is 9.48. The molecule has 0 spiro atoms. The number of allylic oxidation sites excluding steroid dienone is 8. The lowest BCUT2D eigenvalue weighted by Crippen LogP contribution is -2.24. The SMILES string of the molecule is C=Cc1ccc2c(c1)C(=C(C#N)C#N)C1C=CC=CC1C2=C(C#N)C#N. The summed E-state index contributed by atoms with van der Waals surface area (Å²) in [5.41, 5.74) is 3.56. The van der Waals surface area contributed by atoms with Crippen molar-refractivity contribution in [3.8, 4) is 24.3 Å². The first-order valence-electron chi connectivity index (χ1n) is 7.91. The van der Waals surface area contributed by atoms with E-state index in [1.54, 1.807) is 6.08 Å². The number of hydrogen-bond acceptors (Lipinski definition) is 4. The first-order valence-corrected chi connectivity index (χ1v) is 7.91. The summed E-state index contributed by atoms with van der Waals surface area (Å²) >= 11 is 0. The van der Waals surface area contributed by atoms with Gasteiger partial charge >= 0.3 is 0 Å². The van der Waals surface area contributed by atoms with Crippen LogP contribution in [0.4, 0.5) is 0 Å². The van der Waals surface area contributed by atoms with Gasteiger partial charge in [-0.2, -0.15) is 21.0 Å². The van der Waals surface area contributed by atoms with Crippen molar-refractivity contribution in [1.29, 1.82) is 21.0 Å². The van der Waals surface area contributed by atoms with Crippen molar-refractivity contribution in [3.05, 3.63) is 76.9 Å². The van der Waals surface area contributed by atoms with E-state index in [1.165, 1.54) is 0 Å². The summed E-state index contributed by atoms with van der Waals surface area (Å²) < 4.78 is 0. The summed E-state index contributed by atoms with van der Waals surface area (Å²) in [4.78, 5) is 0. The van der Waals surface area contributed by atoms with Crippen molar-refractivity contribution < 1.29 is 0 Å². The lowest BCUT2D eigenvalue weighted by molar-refractivity contribution is 0.686. The van der Waals surface area contributed by atoms with E-state index < -0.39 is 0 Å². The Morgan fingerprint density at radius 2 is 1.31 bits per heavy atom. The molecule has 2 aliphatic rings. The van der Waals surface area contributed by atoms with Crippen LogP contribution in [0.3, 0.4) is 0 Å². The molecule has 2 unspecified atom stereocenters. The van der Waals surface area contributed by atoms with Crippen LogP contribution in [0.5, 0.6) is 0 Å². The molecule has 1 aromatic carbocycles. The average molecular weight is 332 g/mol. The third-order valence-electron chi connectivity index (χ3n) is 4.65. The highest BCUT2D eigenvalue weighted by Gasteiger charge is 2.38. The van der Waals surface area contributed by atoms with Crippen molar-refractivity contribution in [2.75, 3.05) is 0 Å². The second-order valence-corrected chi connectivity index (χ2v) is 5.86. The molecule has 0 aliphatic heterocycles. The zero-order valence-electron chi connectivity index (χ0n) is 13.8. The van der Waals surface area contributed by atoms with Crippen LogP contribution in [0.15, 0.2) is 60.2 Å². The molecule has 0 amide bonds. The average Bonchev–Trinajstić information content (AvgIpc) is 2.70. The Labute approximate surface area is 151 Å². The van der Waals surface area contributed by atoms with Gasteiger partial charge in [0.15, 0.2) is 0 Å². The van der Waals surface area contributed by atoms with Crippen molar-refractivity contribution in [3.63, 3.8) is 0 Å². The zero-order valence-corrected chi connectivity index (χ0v) is 13.8. The van der Waals surface area contributed by atoms with Crippen LogP contribution < -0.4 is 0 Å². The molecule has 3 rings (SSSR count). The fraction of sp³-hybridized carbons (Fsp3) is 0.0909. The summed E-state index contributed by atoms with van der Waals surface area (Å²) in [6.45, 7) is 3.77. The lowest BCUT2D eigenvalue weighted by Gasteiger charge is -2.36. The monoisotopic (exact) mass is 332 g/mol. The van der Waals surface area contributed by atoms with Crippen LogP contribution >= 0.6 is 0 Å². The fourth-order valence-electron chi connectivity index (χ4n) is 3.56. The maximum Gasteiger partial charge on any atom is 0.134 e. The summed E-state index contributed by atoms with van der Waals surface area (Å²) in [7, 11) is 0. The molecule has 2 aliphatic carbocycles. The highest BCUT2D eigenvalue weighted by atomic mass is 14.4. The lowest BCUT2D eigenvalue weighted by atomic mass is 9.66. The Bertz CT molecular complexity index is 1070. The predicted octanol–water partition coefficient (Wildman–Crippen LogP) is 4.30. The molecular formula is C22H12N4. The minimum atomic E-state index is -0.284. The maximum absolute atomic E-state index is 9.48. The Morgan fingerprint density at radius 3 is 1.77 bits per heavy atom. The van der Waals surface area contributed by atoms with Crippen molar-refractivity contribution in [2.24, 2.45) is 11.8 Å². The van der Waals surface area contributed by atoms with Gasteiger partial charge in [0.25, 0.3) is 0 Å². The van der Waals surface area contributed by atoms with E-state index in [4.69, 9.17) is 0 Å². The van der Waals surface area contributed by atoms with Gasteiger partial charge in [-0.3, -0.25) is 0 Å². The van der Waals surface area contributed by atoms with Crippen LogP contribution in [0.2, 0.25) is 0 Å². The number of hydrogen-bond donors (Lipinski definition) is 0. The van der Waals surface area contributed by atoms with E-state index >= 15 is 0 Å². The highest BCUT2D eigenvalue weighted by molar-refractivity contribution is 5.95. The van der Waals surface area contributed by atoms with Gasteiger partial charge in [-0.25, -0.2) is 0 Å². The Kier molecular flexibility index (Phi) is 4.36. The molecule has 26 heavy (non-hydrogen) atoms. The van der Waals surface area contributed by atoms with Crippen LogP contribution in [-0.4, -0.2) is 0 Å². The van der Waals surface area contributed by atoms with Gasteiger partial charge in [-0.1, -0.05) is 49.1 Å². The molecule has 1 aromatic rings. The van der Waals surface area contributed by atoms with E-state index in [0.717, 1.165) is 5.56 Å². The second-order valence-electron chi connectivity index (χ2n) is 5.86. The first kappa shape index (κ1) is 16.7. The molecule has 0 bridgehead atoms. The number of nitrogens with zero attached hydrogens (tertiary/aromatic N) is 4. The molecule has 120 valence electrons. The molecule has 4 nitrogen and oxygen atoms in total. The third-order valence-corrected chi connectivity index (χ3v) is 4.65. The minimum absolute atomic E-state index is 0.0388. The largest absolute Gasteiger partial charge is 0.192 e. The number of nitriles is 4. The van der Waals surface area contributed by atoms with Gasteiger partial charge in [0.1, 0.15) is 35.4 Å². The molecule has 0 radical (unpaired) electrons. The van der Waals surface area contributed by atoms with Gasteiger partial charge in [0.2, 0.25) is 0 Å². The standard InChI is InChI=1S/C22H12N4/c1-2-14-7-8-19-20(9-14)22(16(12-25)13-26)18-6-4-3-5-17(18)21(19)15(10-23)11-24/h2-9,17-18H,1H2. The molecule has 0 N–H and O–H groups in total. The molecule has 0 heterocycles. The van der Waals surface area contributed by atoms with Crippen molar-refractivity contribution in [2.45, 2.75) is 0 Å². The third kappa shape index (κ3) is 2.44. The molecule has 0 fully saturated rings. The van der Waals surface area contributed by atoms with Crippen molar-refractivity contribution in [1.82, 2.24) is 0 Å². The molecule has 0 saturated heterocycles. The van der Waals surface area contributed by atoms with Gasteiger partial charge in [0.05, 0.1) is 0 Å². The second kappa shape index (κ2) is 6.78. The zero-order chi connectivity index (χ0) is 18.7. The minimum Gasteiger partial charge on any atom is -0.192 e. The Hall–Kier alpha value is -4.12. The Balaban J connectivity index is 2.51. The predicted molar refractivity (Wildman–Crippen MR) is 98.1 cm³/mol. The molecule has 4 heteroatoms. The molecule has 0 saturated carbocycles. The topological polar surface area (TPSA) is 95.2 Å². The number of fused-ring (bicyclic) bond motifs is 2. The summed E-state index contributed by atoms with van der Waals surface area (Å²) in [5, 5.41) is 37.9. The summed E-state index contributed by atoms with van der Waals surface area (Å²) in [6.07, 6.45) is 9.20. The van der Waals surface area contributed by atoms with Crippen LogP contribution in [0, 0.1) is 57.2 Å². The summed E-state index contributed by atoms with van der Waals surface area (Å²) in [6, 6.07) is 13.5. The number of rotatable bonds is 1. The molecule has 2 atom stereocenters. The van der Waals surface area contributed by atoms with Gasteiger partial charge in [0, 0.05) is 11.8 Å². The van der Waals surface area contributed by atoms with Gasteiger partial charge in [-0.05, 0) is 33.9 Å². The van der Waals surface area contributed by atoms with Crippen LogP contribution in [0.1, 0.15) is 16.7 Å². The van der Waals surface area contributed by atoms with E-state index in [-0.39, 0.29) is 23.0 Å². The van der Waals surface area contributed by atoms with Gasteiger partial charge < -0.3 is 0 Å². The number of benzene rings is 1. The van der Waals surface area contributed by atoms with E-state index in [2.05, 4.69) is 6.58 Å². The van der Waals surface area contributed by atoms with Crippen LogP contribution in [0.25, 0.3) is 17.2 Å². The normalized spacial score (nSPS) is 19.1. The Morgan fingerprint density at radius 1 is 0.808 bits per heavy atom.